The average Bonchev–Trinajstić information content (AvgIpc) is 3.52. The van der Waals surface area contributed by atoms with Crippen molar-refractivity contribution >= 4 is 38.9 Å². The number of sulfone groups is 1. The van der Waals surface area contributed by atoms with E-state index >= 15 is 0 Å². The Balaban J connectivity index is 1.47. The number of alkyl halides is 3. The van der Waals surface area contributed by atoms with Crippen LogP contribution in [0.25, 0.3) is 17.1 Å². The van der Waals surface area contributed by atoms with E-state index in [4.69, 9.17) is 23.2 Å². The molecule has 1 atom stereocenters. The van der Waals surface area contributed by atoms with Crippen molar-refractivity contribution in [3.05, 3.63) is 80.7 Å². The van der Waals surface area contributed by atoms with E-state index in [1.807, 2.05) is 0 Å². The summed E-state index contributed by atoms with van der Waals surface area (Å²) in [5.41, 5.74) is -0.388. The van der Waals surface area contributed by atoms with Crippen molar-refractivity contribution in [2.45, 2.75) is 25.4 Å². The second-order valence-electron chi connectivity index (χ2n) is 9.62. The van der Waals surface area contributed by atoms with E-state index in [-0.39, 0.29) is 64.6 Å². The summed E-state index contributed by atoms with van der Waals surface area (Å²) < 4.78 is 65.8. The molecule has 2 aromatic heterocycles. The van der Waals surface area contributed by atoms with Gasteiger partial charge in [-0.2, -0.15) is 13.2 Å². The zero-order chi connectivity index (χ0) is 31.1. The number of carbonyl (C=O) groups is 1. The Labute approximate surface area is 251 Å². The number of hydrogen-bond acceptors (Lipinski definition) is 8. The number of benzene rings is 2. The molecular weight excluding hydrogens is 638 g/mol. The molecule has 1 aliphatic heterocycles. The molecule has 0 bridgehead atoms. The number of halogens is 5. The van der Waals surface area contributed by atoms with Crippen molar-refractivity contribution in [2.24, 2.45) is 0 Å². The average molecular weight is 660 g/mol. The van der Waals surface area contributed by atoms with Gasteiger partial charge >= 0.3 is 11.9 Å². The van der Waals surface area contributed by atoms with Crippen molar-refractivity contribution in [3.8, 4) is 17.1 Å². The van der Waals surface area contributed by atoms with Crippen LogP contribution in [0.4, 0.5) is 13.2 Å². The van der Waals surface area contributed by atoms with Gasteiger partial charge < -0.3 is 10.0 Å². The summed E-state index contributed by atoms with van der Waals surface area (Å²) in [7, 11) is -3.23. The van der Waals surface area contributed by atoms with E-state index in [0.717, 1.165) is 4.68 Å². The second kappa shape index (κ2) is 11.7. The molecule has 43 heavy (non-hydrogen) atoms. The van der Waals surface area contributed by atoms with Gasteiger partial charge in [0.25, 0.3) is 5.91 Å². The molecule has 1 saturated heterocycles. The number of para-hydroxylation sites is 1. The smallest absolute Gasteiger partial charge is 0.382 e. The molecule has 3 heterocycles. The highest BCUT2D eigenvalue weighted by atomic mass is 35.5. The maximum absolute atomic E-state index is 13.3. The minimum Gasteiger partial charge on any atom is -0.382 e. The summed E-state index contributed by atoms with van der Waals surface area (Å²) >= 11 is 12.3. The molecule has 0 spiro atoms. The molecule has 0 aliphatic carbocycles. The topological polar surface area (TPSA) is 145 Å². The summed E-state index contributed by atoms with van der Waals surface area (Å²) in [5, 5.41) is 18.7. The SMILES string of the molecule is O=C(c1cccc(Cl)c1-n1cnc(Cn2nc(-c3ccc(Cl)cc3)n(CC(O)C(F)(F)F)c2=O)n1)N1CCS(=O)(=O)CC1. The molecule has 1 N–H and O–H groups in total. The number of aliphatic hydroxyl groups is 1. The summed E-state index contributed by atoms with van der Waals surface area (Å²) in [4.78, 5) is 32.0. The van der Waals surface area contributed by atoms with Gasteiger partial charge in [0.2, 0.25) is 0 Å². The third kappa shape index (κ3) is 6.61. The lowest BCUT2D eigenvalue weighted by Gasteiger charge is -2.27. The van der Waals surface area contributed by atoms with Crippen LogP contribution in [-0.2, 0) is 22.9 Å². The zero-order valence-electron chi connectivity index (χ0n) is 21.9. The number of aliphatic hydroxyl groups excluding tert-OH is 1. The van der Waals surface area contributed by atoms with Gasteiger partial charge in [-0.05, 0) is 36.4 Å². The Kier molecular flexibility index (Phi) is 8.39. The fourth-order valence-electron chi connectivity index (χ4n) is 4.42. The van der Waals surface area contributed by atoms with Crippen LogP contribution < -0.4 is 5.69 Å². The van der Waals surface area contributed by atoms with Gasteiger partial charge in [0.05, 0.1) is 34.3 Å². The number of carbonyl (C=O) groups excluding carboxylic acids is 1. The van der Waals surface area contributed by atoms with E-state index in [1.54, 1.807) is 6.07 Å². The van der Waals surface area contributed by atoms with Crippen LogP contribution in [0.15, 0.2) is 53.6 Å². The Morgan fingerprint density at radius 1 is 1.05 bits per heavy atom. The Bertz CT molecular complexity index is 1820. The molecule has 228 valence electrons. The van der Waals surface area contributed by atoms with Gasteiger partial charge in [0, 0.05) is 23.7 Å². The van der Waals surface area contributed by atoms with Gasteiger partial charge in [0.15, 0.2) is 27.6 Å². The molecule has 1 fully saturated rings. The van der Waals surface area contributed by atoms with E-state index < -0.39 is 40.3 Å². The summed E-state index contributed by atoms with van der Waals surface area (Å²) in [6.07, 6.45) is -6.57. The molecule has 1 aliphatic rings. The Morgan fingerprint density at radius 3 is 2.37 bits per heavy atom. The van der Waals surface area contributed by atoms with Crippen molar-refractivity contribution in [1.82, 2.24) is 34.0 Å². The summed E-state index contributed by atoms with van der Waals surface area (Å²) in [6, 6.07) is 10.4. The number of aromatic nitrogens is 6. The summed E-state index contributed by atoms with van der Waals surface area (Å²) in [5.74, 6) is -0.932. The fourth-order valence-corrected chi connectivity index (χ4v) is 6.00. The number of nitrogens with zero attached hydrogens (tertiary/aromatic N) is 7. The van der Waals surface area contributed by atoms with Crippen molar-refractivity contribution < 1.29 is 31.5 Å². The van der Waals surface area contributed by atoms with Crippen LogP contribution >= 0.6 is 23.2 Å². The van der Waals surface area contributed by atoms with E-state index in [2.05, 4.69) is 15.2 Å². The van der Waals surface area contributed by atoms with Crippen LogP contribution in [0, 0.1) is 0 Å². The lowest BCUT2D eigenvalue weighted by atomic mass is 10.1. The fraction of sp³-hybridized carbons (Fsp3) is 0.320. The first-order valence-electron chi connectivity index (χ1n) is 12.6. The van der Waals surface area contributed by atoms with E-state index in [1.165, 1.54) is 52.3 Å². The monoisotopic (exact) mass is 659 g/mol. The molecule has 4 aromatic rings. The van der Waals surface area contributed by atoms with Gasteiger partial charge in [-0.15, -0.1) is 10.2 Å². The molecular formula is C25H22Cl2F3N7O5S. The predicted octanol–water partition coefficient (Wildman–Crippen LogP) is 2.44. The number of amides is 1. The van der Waals surface area contributed by atoms with E-state index in [0.29, 0.717) is 9.59 Å². The highest BCUT2D eigenvalue weighted by Gasteiger charge is 2.39. The molecule has 2 aromatic carbocycles. The van der Waals surface area contributed by atoms with Crippen LogP contribution in [-0.4, -0.2) is 90.3 Å². The van der Waals surface area contributed by atoms with E-state index in [9.17, 15) is 36.3 Å². The van der Waals surface area contributed by atoms with Gasteiger partial charge in [-0.25, -0.2) is 27.6 Å². The molecule has 1 amide bonds. The van der Waals surface area contributed by atoms with Crippen molar-refractivity contribution in [3.63, 3.8) is 0 Å². The quantitative estimate of drug-likeness (QED) is 0.319. The molecule has 0 radical (unpaired) electrons. The lowest BCUT2D eigenvalue weighted by Crippen LogP contribution is -2.44. The number of hydrogen-bond donors (Lipinski definition) is 1. The van der Waals surface area contributed by atoms with Crippen LogP contribution in [0.3, 0.4) is 0 Å². The van der Waals surface area contributed by atoms with Crippen LogP contribution in [0.5, 0.6) is 0 Å². The van der Waals surface area contributed by atoms with Crippen molar-refractivity contribution in [2.75, 3.05) is 24.6 Å². The number of rotatable bonds is 7. The van der Waals surface area contributed by atoms with Gasteiger partial charge in [0.1, 0.15) is 12.9 Å². The third-order valence-corrected chi connectivity index (χ3v) is 8.83. The minimum atomic E-state index is -4.98. The predicted molar refractivity (Wildman–Crippen MR) is 149 cm³/mol. The first kappa shape index (κ1) is 30.7. The molecule has 18 heteroatoms. The van der Waals surface area contributed by atoms with Crippen molar-refractivity contribution in [1.29, 1.82) is 0 Å². The molecule has 5 rings (SSSR count). The van der Waals surface area contributed by atoms with Crippen LogP contribution in [0.1, 0.15) is 16.2 Å². The highest BCUT2D eigenvalue weighted by molar-refractivity contribution is 7.91. The standard InChI is InChI=1S/C25H22Cl2F3N7O5S/c26-16-6-4-15(5-7-16)22-33-36(24(40)35(22)12-19(38)25(28,29)30)13-20-31-14-37(32-20)21-17(2-1-3-18(21)27)23(39)34-8-10-43(41,42)11-9-34/h1-7,14,19,38H,8-13H2. The second-order valence-corrected chi connectivity index (χ2v) is 12.8. The van der Waals surface area contributed by atoms with Gasteiger partial charge in [-0.1, -0.05) is 29.3 Å². The van der Waals surface area contributed by atoms with Crippen LogP contribution in [0.2, 0.25) is 10.0 Å². The zero-order valence-corrected chi connectivity index (χ0v) is 24.3. The molecule has 12 nitrogen and oxygen atoms in total. The maximum Gasteiger partial charge on any atom is 0.416 e. The first-order valence-corrected chi connectivity index (χ1v) is 15.2. The minimum absolute atomic E-state index is 0.00756. The molecule has 0 saturated carbocycles. The summed E-state index contributed by atoms with van der Waals surface area (Å²) in [6.45, 7) is -1.45. The lowest BCUT2D eigenvalue weighted by molar-refractivity contribution is -0.207. The molecule has 1 unspecified atom stereocenters. The third-order valence-electron chi connectivity index (χ3n) is 6.67. The first-order chi connectivity index (χ1) is 20.2. The Morgan fingerprint density at radius 2 is 1.72 bits per heavy atom. The largest absolute Gasteiger partial charge is 0.416 e. The highest BCUT2D eigenvalue weighted by Crippen LogP contribution is 2.27. The van der Waals surface area contributed by atoms with Gasteiger partial charge in [-0.3, -0.25) is 9.36 Å². The normalized spacial score (nSPS) is 15.9. The maximum atomic E-state index is 13.3. The Hall–Kier alpha value is -3.73.